The lowest BCUT2D eigenvalue weighted by atomic mass is 9.79. The van der Waals surface area contributed by atoms with E-state index in [4.69, 9.17) is 21.1 Å². The summed E-state index contributed by atoms with van der Waals surface area (Å²) >= 11 is 6.13. The average molecular weight is 391 g/mol. The molecule has 0 amide bonds. The molecule has 0 radical (unpaired) electrons. The van der Waals surface area contributed by atoms with Crippen molar-refractivity contribution in [2.75, 3.05) is 20.3 Å². The highest BCUT2D eigenvalue weighted by Crippen LogP contribution is 2.41. The van der Waals surface area contributed by atoms with Crippen molar-refractivity contribution in [1.82, 2.24) is 5.32 Å². The number of carboxylic acid groups (broad SMARTS) is 1. The molecule has 142 valence electrons. The standard InChI is InChI=1S/C19H19ClN2O5/c1-10-15(18(23)24)17(12-5-4-6-14(20)13(12)9-21)16(11(2)22-10)19(25)27-8-7-26-3/h4-6,17,22H,7-8H2,1-3H3,(H,23,24). The van der Waals surface area contributed by atoms with Crippen molar-refractivity contribution in [3.63, 3.8) is 0 Å². The number of allylic oxidation sites excluding steroid dienone is 2. The van der Waals surface area contributed by atoms with Crippen LogP contribution in [-0.4, -0.2) is 37.4 Å². The van der Waals surface area contributed by atoms with Crippen LogP contribution in [0.4, 0.5) is 0 Å². The first kappa shape index (κ1) is 20.5. The minimum absolute atomic E-state index is 0.0184. The second-order valence-electron chi connectivity index (χ2n) is 5.89. The highest BCUT2D eigenvalue weighted by molar-refractivity contribution is 6.31. The SMILES string of the molecule is COCCOC(=O)C1=C(C)NC(C)=C(C(=O)O)C1c1cccc(Cl)c1C#N. The predicted octanol–water partition coefficient (Wildman–Crippen LogP) is 2.72. The first-order valence-electron chi connectivity index (χ1n) is 8.09. The minimum atomic E-state index is -1.21. The van der Waals surface area contributed by atoms with E-state index in [2.05, 4.69) is 5.32 Å². The Morgan fingerprint density at radius 1 is 1.26 bits per heavy atom. The molecule has 0 saturated carbocycles. The zero-order valence-corrected chi connectivity index (χ0v) is 15.9. The second kappa shape index (κ2) is 8.71. The van der Waals surface area contributed by atoms with E-state index in [9.17, 15) is 20.0 Å². The van der Waals surface area contributed by atoms with Gasteiger partial charge in [0, 0.05) is 18.5 Å². The summed E-state index contributed by atoms with van der Waals surface area (Å²) in [5, 5.41) is 22.4. The lowest BCUT2D eigenvalue weighted by Gasteiger charge is -2.30. The topological polar surface area (TPSA) is 109 Å². The third-order valence-electron chi connectivity index (χ3n) is 4.20. The lowest BCUT2D eigenvalue weighted by molar-refractivity contribution is -0.140. The van der Waals surface area contributed by atoms with Crippen LogP contribution < -0.4 is 5.32 Å². The number of nitriles is 1. The fourth-order valence-electron chi connectivity index (χ4n) is 3.05. The molecule has 2 rings (SSSR count). The van der Waals surface area contributed by atoms with Gasteiger partial charge in [0.15, 0.2) is 0 Å². The van der Waals surface area contributed by atoms with Crippen LogP contribution in [-0.2, 0) is 19.1 Å². The Hall–Kier alpha value is -2.82. The Labute approximate surface area is 161 Å². The third-order valence-corrected chi connectivity index (χ3v) is 4.51. The molecule has 1 aromatic rings. The van der Waals surface area contributed by atoms with Crippen molar-refractivity contribution in [2.24, 2.45) is 0 Å². The molecule has 27 heavy (non-hydrogen) atoms. The molecule has 1 aliphatic heterocycles. The molecule has 1 heterocycles. The number of esters is 1. The summed E-state index contributed by atoms with van der Waals surface area (Å²) in [7, 11) is 1.48. The monoisotopic (exact) mass is 390 g/mol. The predicted molar refractivity (Wildman–Crippen MR) is 97.9 cm³/mol. The van der Waals surface area contributed by atoms with Gasteiger partial charge < -0.3 is 19.9 Å². The molecule has 1 atom stereocenters. The number of hydrogen-bond donors (Lipinski definition) is 2. The Morgan fingerprint density at radius 3 is 2.52 bits per heavy atom. The molecule has 0 aliphatic carbocycles. The zero-order chi connectivity index (χ0) is 20.1. The van der Waals surface area contributed by atoms with Crippen LogP contribution >= 0.6 is 11.6 Å². The molecule has 0 bridgehead atoms. The molecule has 7 nitrogen and oxygen atoms in total. The molecule has 0 aromatic heterocycles. The summed E-state index contributed by atoms with van der Waals surface area (Å²) in [6.45, 7) is 3.48. The van der Waals surface area contributed by atoms with Crippen LogP contribution in [0.3, 0.4) is 0 Å². The third kappa shape index (κ3) is 4.13. The maximum Gasteiger partial charge on any atom is 0.336 e. The Morgan fingerprint density at radius 2 is 1.93 bits per heavy atom. The Balaban J connectivity index is 2.66. The van der Waals surface area contributed by atoms with E-state index in [1.54, 1.807) is 26.0 Å². The van der Waals surface area contributed by atoms with Crippen LogP contribution in [0.1, 0.15) is 30.9 Å². The van der Waals surface area contributed by atoms with Gasteiger partial charge in [-0.3, -0.25) is 0 Å². The summed E-state index contributed by atoms with van der Waals surface area (Å²) in [6, 6.07) is 6.74. The first-order valence-corrected chi connectivity index (χ1v) is 8.47. The van der Waals surface area contributed by atoms with E-state index in [1.165, 1.54) is 13.2 Å². The summed E-state index contributed by atoms with van der Waals surface area (Å²) < 4.78 is 10.1. The maximum atomic E-state index is 12.7. The number of dihydropyridines is 1. The van der Waals surface area contributed by atoms with E-state index in [-0.39, 0.29) is 34.9 Å². The summed E-state index contributed by atoms with van der Waals surface area (Å²) in [6.07, 6.45) is 0. The Bertz CT molecular complexity index is 883. The molecule has 1 aliphatic rings. The number of halogens is 1. The molecule has 0 fully saturated rings. The number of nitrogens with one attached hydrogen (secondary N) is 1. The van der Waals surface area contributed by atoms with Gasteiger partial charge in [-0.25, -0.2) is 9.59 Å². The van der Waals surface area contributed by atoms with Gasteiger partial charge in [0.25, 0.3) is 0 Å². The van der Waals surface area contributed by atoms with Crippen molar-refractivity contribution in [3.05, 3.63) is 56.9 Å². The van der Waals surface area contributed by atoms with Gasteiger partial charge in [0.05, 0.1) is 34.3 Å². The lowest BCUT2D eigenvalue weighted by Crippen LogP contribution is -2.32. The average Bonchev–Trinajstić information content (AvgIpc) is 2.60. The van der Waals surface area contributed by atoms with Crippen LogP contribution in [0, 0.1) is 11.3 Å². The summed E-state index contributed by atoms with van der Waals surface area (Å²) in [5.41, 5.74) is 1.36. The van der Waals surface area contributed by atoms with Crippen LogP contribution in [0.5, 0.6) is 0 Å². The highest BCUT2D eigenvalue weighted by Gasteiger charge is 2.38. The normalized spacial score (nSPS) is 16.6. The van der Waals surface area contributed by atoms with Gasteiger partial charge in [-0.2, -0.15) is 5.26 Å². The van der Waals surface area contributed by atoms with Crippen molar-refractivity contribution in [3.8, 4) is 6.07 Å². The fourth-order valence-corrected chi connectivity index (χ4v) is 3.28. The molecule has 1 aromatic carbocycles. The first-order chi connectivity index (χ1) is 12.8. The number of methoxy groups -OCH3 is 1. The minimum Gasteiger partial charge on any atom is -0.478 e. The molecule has 1 unspecified atom stereocenters. The smallest absolute Gasteiger partial charge is 0.336 e. The number of hydrogen-bond acceptors (Lipinski definition) is 6. The quantitative estimate of drug-likeness (QED) is 0.567. The van der Waals surface area contributed by atoms with Crippen LogP contribution in [0.2, 0.25) is 5.02 Å². The molecule has 0 saturated heterocycles. The second-order valence-corrected chi connectivity index (χ2v) is 6.29. The number of carbonyl (C=O) groups is 2. The van der Waals surface area contributed by atoms with Gasteiger partial charge in [-0.1, -0.05) is 23.7 Å². The molecule has 0 spiro atoms. The molecule has 8 heteroatoms. The van der Waals surface area contributed by atoms with Gasteiger partial charge in [-0.05, 0) is 25.5 Å². The number of nitrogens with zero attached hydrogens (tertiary/aromatic N) is 1. The number of ether oxygens (including phenoxy) is 2. The zero-order valence-electron chi connectivity index (χ0n) is 15.1. The Kier molecular flexibility index (Phi) is 6.61. The number of benzene rings is 1. The molecule has 2 N–H and O–H groups in total. The van der Waals surface area contributed by atoms with Crippen molar-refractivity contribution < 1.29 is 24.2 Å². The summed E-state index contributed by atoms with van der Waals surface area (Å²) in [5.74, 6) is -2.88. The van der Waals surface area contributed by atoms with Crippen LogP contribution in [0.25, 0.3) is 0 Å². The van der Waals surface area contributed by atoms with Gasteiger partial charge >= 0.3 is 11.9 Å². The van der Waals surface area contributed by atoms with Crippen molar-refractivity contribution in [1.29, 1.82) is 5.26 Å². The van der Waals surface area contributed by atoms with Crippen molar-refractivity contribution >= 4 is 23.5 Å². The summed E-state index contributed by atoms with van der Waals surface area (Å²) in [4.78, 5) is 24.7. The number of aliphatic carboxylic acids is 1. The van der Waals surface area contributed by atoms with Gasteiger partial charge in [-0.15, -0.1) is 0 Å². The number of carbonyl (C=O) groups excluding carboxylic acids is 1. The molecular formula is C19H19ClN2O5. The maximum absolute atomic E-state index is 12.7. The van der Waals surface area contributed by atoms with E-state index >= 15 is 0 Å². The van der Waals surface area contributed by atoms with Crippen LogP contribution in [0.15, 0.2) is 40.7 Å². The largest absolute Gasteiger partial charge is 0.478 e. The van der Waals surface area contributed by atoms with Crippen molar-refractivity contribution in [2.45, 2.75) is 19.8 Å². The van der Waals surface area contributed by atoms with Gasteiger partial charge in [0.2, 0.25) is 0 Å². The van der Waals surface area contributed by atoms with E-state index in [0.717, 1.165) is 0 Å². The molecular weight excluding hydrogens is 372 g/mol. The van der Waals surface area contributed by atoms with Gasteiger partial charge in [0.1, 0.15) is 12.7 Å². The number of carboxylic acids is 1. The number of rotatable bonds is 6. The van der Waals surface area contributed by atoms with E-state index < -0.39 is 17.9 Å². The highest BCUT2D eigenvalue weighted by atomic mass is 35.5. The van der Waals surface area contributed by atoms with E-state index in [0.29, 0.717) is 17.0 Å². The van der Waals surface area contributed by atoms with E-state index in [1.807, 2.05) is 6.07 Å². The fraction of sp³-hybridized carbons (Fsp3) is 0.316.